The van der Waals surface area contributed by atoms with Crippen molar-refractivity contribution in [3.8, 4) is 17.2 Å². The zero-order valence-electron chi connectivity index (χ0n) is 10.3. The second kappa shape index (κ2) is 5.61. The van der Waals surface area contributed by atoms with Gasteiger partial charge in [0.2, 0.25) is 0 Å². The molecule has 18 heavy (non-hydrogen) atoms. The number of benzene rings is 1. The maximum atomic E-state index is 5.82. The first-order chi connectivity index (χ1) is 8.74. The number of hydrogen-bond donors (Lipinski definition) is 1. The zero-order valence-corrected chi connectivity index (χ0v) is 10.3. The number of hydrogen-bond acceptors (Lipinski definition) is 6. The molecule has 0 bridgehead atoms. The van der Waals surface area contributed by atoms with E-state index in [0.29, 0.717) is 18.3 Å². The van der Waals surface area contributed by atoms with Gasteiger partial charge in [-0.1, -0.05) is 11.2 Å². The standard InChI is InChI=1S/C12H15N3O3/c1-16-7-10(13)11-14-12(18-15-11)8-4-3-5-9(6-8)17-2/h3-6,10H,7,13H2,1-2H3. The number of aromatic nitrogens is 2. The monoisotopic (exact) mass is 249 g/mol. The van der Waals surface area contributed by atoms with E-state index in [4.69, 9.17) is 19.7 Å². The molecule has 0 fully saturated rings. The molecule has 1 atom stereocenters. The molecule has 0 spiro atoms. The van der Waals surface area contributed by atoms with Crippen LogP contribution in [0.5, 0.6) is 5.75 Å². The summed E-state index contributed by atoms with van der Waals surface area (Å²) in [6.45, 7) is 0.344. The van der Waals surface area contributed by atoms with Gasteiger partial charge >= 0.3 is 0 Å². The van der Waals surface area contributed by atoms with Crippen LogP contribution in [-0.4, -0.2) is 31.0 Å². The number of nitrogens with zero attached hydrogens (tertiary/aromatic N) is 2. The minimum Gasteiger partial charge on any atom is -0.497 e. The molecule has 0 aliphatic heterocycles. The van der Waals surface area contributed by atoms with E-state index in [1.165, 1.54) is 0 Å². The molecule has 0 radical (unpaired) electrons. The molecule has 0 aliphatic carbocycles. The van der Waals surface area contributed by atoms with Crippen molar-refractivity contribution in [3.05, 3.63) is 30.1 Å². The van der Waals surface area contributed by atoms with Gasteiger partial charge in [-0.05, 0) is 18.2 Å². The molecule has 1 heterocycles. The van der Waals surface area contributed by atoms with Crippen LogP contribution in [-0.2, 0) is 4.74 Å². The van der Waals surface area contributed by atoms with Crippen LogP contribution in [0.3, 0.4) is 0 Å². The minimum absolute atomic E-state index is 0.344. The lowest BCUT2D eigenvalue weighted by Crippen LogP contribution is -2.17. The summed E-state index contributed by atoms with van der Waals surface area (Å²) in [6.07, 6.45) is 0. The van der Waals surface area contributed by atoms with E-state index in [1.807, 2.05) is 24.3 Å². The highest BCUT2D eigenvalue weighted by Gasteiger charge is 2.15. The molecule has 0 saturated carbocycles. The van der Waals surface area contributed by atoms with Gasteiger partial charge in [-0.3, -0.25) is 0 Å². The Kier molecular flexibility index (Phi) is 3.91. The van der Waals surface area contributed by atoms with Crippen LogP contribution in [0, 0.1) is 0 Å². The molecule has 2 N–H and O–H groups in total. The first-order valence-corrected chi connectivity index (χ1v) is 5.47. The molecule has 96 valence electrons. The first-order valence-electron chi connectivity index (χ1n) is 5.47. The van der Waals surface area contributed by atoms with E-state index in [9.17, 15) is 0 Å². The lowest BCUT2D eigenvalue weighted by Gasteiger charge is -2.03. The molecule has 1 aromatic carbocycles. The van der Waals surface area contributed by atoms with Gasteiger partial charge in [0.25, 0.3) is 5.89 Å². The molecule has 2 aromatic rings. The maximum absolute atomic E-state index is 5.82. The van der Waals surface area contributed by atoms with Gasteiger partial charge in [0.1, 0.15) is 5.75 Å². The largest absolute Gasteiger partial charge is 0.497 e. The summed E-state index contributed by atoms with van der Waals surface area (Å²) in [6, 6.07) is 6.99. The second-order valence-electron chi connectivity index (χ2n) is 3.75. The Hall–Kier alpha value is -1.92. The Morgan fingerprint density at radius 1 is 1.39 bits per heavy atom. The lowest BCUT2D eigenvalue weighted by atomic mass is 10.2. The topological polar surface area (TPSA) is 83.4 Å². The molecule has 1 unspecified atom stereocenters. The highest BCUT2D eigenvalue weighted by Crippen LogP contribution is 2.23. The van der Waals surface area contributed by atoms with E-state index < -0.39 is 6.04 Å². The molecular weight excluding hydrogens is 234 g/mol. The van der Waals surface area contributed by atoms with Crippen molar-refractivity contribution in [2.75, 3.05) is 20.8 Å². The average molecular weight is 249 g/mol. The first kappa shape index (κ1) is 12.5. The van der Waals surface area contributed by atoms with Gasteiger partial charge in [-0.15, -0.1) is 0 Å². The summed E-state index contributed by atoms with van der Waals surface area (Å²) in [5.74, 6) is 1.57. The summed E-state index contributed by atoms with van der Waals surface area (Å²) >= 11 is 0. The van der Waals surface area contributed by atoms with Crippen molar-refractivity contribution in [3.63, 3.8) is 0 Å². The Bertz CT molecular complexity index is 513. The Morgan fingerprint density at radius 2 is 2.22 bits per heavy atom. The predicted molar refractivity (Wildman–Crippen MR) is 65.1 cm³/mol. The fourth-order valence-corrected chi connectivity index (χ4v) is 1.51. The van der Waals surface area contributed by atoms with Gasteiger partial charge in [0.15, 0.2) is 5.82 Å². The van der Waals surface area contributed by atoms with Crippen LogP contribution in [0.1, 0.15) is 11.9 Å². The average Bonchev–Trinajstić information content (AvgIpc) is 2.89. The zero-order chi connectivity index (χ0) is 13.0. The van der Waals surface area contributed by atoms with Crippen molar-refractivity contribution in [1.29, 1.82) is 0 Å². The van der Waals surface area contributed by atoms with Crippen LogP contribution in [0.25, 0.3) is 11.5 Å². The molecule has 2 rings (SSSR count). The van der Waals surface area contributed by atoms with Crippen molar-refractivity contribution < 1.29 is 14.0 Å². The molecule has 0 amide bonds. The Balaban J connectivity index is 2.23. The van der Waals surface area contributed by atoms with E-state index in [0.717, 1.165) is 11.3 Å². The number of methoxy groups -OCH3 is 2. The number of rotatable bonds is 5. The fraction of sp³-hybridized carbons (Fsp3) is 0.333. The third kappa shape index (κ3) is 2.66. The highest BCUT2D eigenvalue weighted by molar-refractivity contribution is 5.55. The summed E-state index contributed by atoms with van der Waals surface area (Å²) < 4.78 is 15.2. The summed E-state index contributed by atoms with van der Waals surface area (Å²) in [5, 5.41) is 3.83. The molecular formula is C12H15N3O3. The smallest absolute Gasteiger partial charge is 0.258 e. The van der Waals surface area contributed by atoms with E-state index >= 15 is 0 Å². The summed E-state index contributed by atoms with van der Waals surface area (Å²) in [7, 11) is 3.18. The van der Waals surface area contributed by atoms with Crippen molar-refractivity contribution in [1.82, 2.24) is 10.1 Å². The van der Waals surface area contributed by atoms with Crippen LogP contribution in [0.15, 0.2) is 28.8 Å². The normalized spacial score (nSPS) is 12.4. The third-order valence-corrected chi connectivity index (χ3v) is 2.44. The molecule has 0 aliphatic rings. The minimum atomic E-state index is -0.391. The summed E-state index contributed by atoms with van der Waals surface area (Å²) in [4.78, 5) is 4.24. The van der Waals surface area contributed by atoms with Crippen molar-refractivity contribution in [2.24, 2.45) is 5.73 Å². The van der Waals surface area contributed by atoms with Crippen molar-refractivity contribution >= 4 is 0 Å². The van der Waals surface area contributed by atoms with Gasteiger partial charge in [-0.2, -0.15) is 4.98 Å². The summed E-state index contributed by atoms with van der Waals surface area (Å²) in [5.41, 5.74) is 6.61. The van der Waals surface area contributed by atoms with E-state index in [-0.39, 0.29) is 0 Å². The fourth-order valence-electron chi connectivity index (χ4n) is 1.51. The predicted octanol–water partition coefficient (Wildman–Crippen LogP) is 1.39. The number of ether oxygens (including phenoxy) is 2. The second-order valence-corrected chi connectivity index (χ2v) is 3.75. The van der Waals surface area contributed by atoms with E-state index in [1.54, 1.807) is 14.2 Å². The van der Waals surface area contributed by atoms with Crippen LogP contribution in [0.4, 0.5) is 0 Å². The number of nitrogens with two attached hydrogens (primary N) is 1. The van der Waals surface area contributed by atoms with Gasteiger partial charge in [0.05, 0.1) is 19.8 Å². The van der Waals surface area contributed by atoms with E-state index in [2.05, 4.69) is 10.1 Å². The van der Waals surface area contributed by atoms with Gasteiger partial charge < -0.3 is 19.7 Å². The highest BCUT2D eigenvalue weighted by atomic mass is 16.5. The lowest BCUT2D eigenvalue weighted by molar-refractivity contribution is 0.177. The molecule has 6 nitrogen and oxygen atoms in total. The van der Waals surface area contributed by atoms with Crippen molar-refractivity contribution in [2.45, 2.75) is 6.04 Å². The third-order valence-electron chi connectivity index (χ3n) is 2.44. The molecule has 1 aromatic heterocycles. The maximum Gasteiger partial charge on any atom is 0.258 e. The molecule has 0 saturated heterocycles. The Morgan fingerprint density at radius 3 is 2.94 bits per heavy atom. The SMILES string of the molecule is COCC(N)c1noc(-c2cccc(OC)c2)n1. The Labute approximate surface area is 105 Å². The molecule has 6 heteroatoms. The van der Waals surface area contributed by atoms with Gasteiger partial charge in [0, 0.05) is 12.7 Å². The van der Waals surface area contributed by atoms with Crippen LogP contribution in [0.2, 0.25) is 0 Å². The quantitative estimate of drug-likeness (QED) is 0.862. The van der Waals surface area contributed by atoms with Crippen LogP contribution < -0.4 is 10.5 Å². The van der Waals surface area contributed by atoms with Gasteiger partial charge in [-0.25, -0.2) is 0 Å². The van der Waals surface area contributed by atoms with Crippen LogP contribution >= 0.6 is 0 Å².